The first kappa shape index (κ1) is 15.1. The summed E-state index contributed by atoms with van der Waals surface area (Å²) in [6, 6.07) is 15.4. The maximum Gasteiger partial charge on any atom is 0.137 e. The van der Waals surface area contributed by atoms with E-state index >= 15 is 0 Å². The summed E-state index contributed by atoms with van der Waals surface area (Å²) in [7, 11) is 0. The first-order valence-corrected chi connectivity index (χ1v) is 7.72. The van der Waals surface area contributed by atoms with Gasteiger partial charge < -0.3 is 4.74 Å². The molecule has 0 fully saturated rings. The average molecular weight is 398 g/mol. The molecule has 0 bridgehead atoms. The predicted molar refractivity (Wildman–Crippen MR) is 89.1 cm³/mol. The Morgan fingerprint density at radius 1 is 1.20 bits per heavy atom. The van der Waals surface area contributed by atoms with Crippen molar-refractivity contribution in [1.82, 2.24) is 0 Å². The van der Waals surface area contributed by atoms with E-state index in [0.29, 0.717) is 17.2 Å². The highest BCUT2D eigenvalue weighted by Gasteiger charge is 2.03. The van der Waals surface area contributed by atoms with Crippen LogP contribution in [0.4, 0.5) is 0 Å². The fourth-order valence-electron chi connectivity index (χ4n) is 1.84. The van der Waals surface area contributed by atoms with E-state index in [1.807, 2.05) is 42.5 Å². The minimum atomic E-state index is 0.608. The minimum absolute atomic E-state index is 0.608. The molecule has 0 N–H and O–H groups in total. The number of para-hydroxylation sites is 1. The number of halogens is 2. The Morgan fingerprint density at radius 3 is 2.75 bits per heavy atom. The van der Waals surface area contributed by atoms with E-state index in [9.17, 15) is 0 Å². The topological polar surface area (TPSA) is 33.0 Å². The molecule has 0 aliphatic carbocycles. The smallest absolute Gasteiger partial charge is 0.137 e. The van der Waals surface area contributed by atoms with E-state index in [4.69, 9.17) is 21.6 Å². The van der Waals surface area contributed by atoms with Crippen LogP contribution in [0.1, 0.15) is 17.5 Å². The fourth-order valence-corrected chi connectivity index (χ4v) is 2.64. The SMILES string of the molecule is N#Cc1ccc(I)c(CCCOc2ccccc2Cl)c1. The molecule has 0 heterocycles. The van der Waals surface area contributed by atoms with Gasteiger partial charge >= 0.3 is 0 Å². The van der Waals surface area contributed by atoms with Gasteiger partial charge in [0.15, 0.2) is 0 Å². The number of nitriles is 1. The van der Waals surface area contributed by atoms with Crippen molar-refractivity contribution in [1.29, 1.82) is 5.26 Å². The molecule has 2 aromatic rings. The van der Waals surface area contributed by atoms with E-state index in [1.165, 1.54) is 9.13 Å². The molecule has 2 rings (SSSR count). The monoisotopic (exact) mass is 397 g/mol. The normalized spacial score (nSPS) is 10.1. The summed E-state index contributed by atoms with van der Waals surface area (Å²) >= 11 is 8.31. The van der Waals surface area contributed by atoms with Crippen molar-refractivity contribution in [2.75, 3.05) is 6.61 Å². The first-order valence-electron chi connectivity index (χ1n) is 6.26. The Hall–Kier alpha value is -1.25. The van der Waals surface area contributed by atoms with E-state index in [2.05, 4.69) is 28.7 Å². The Morgan fingerprint density at radius 2 is 2.00 bits per heavy atom. The summed E-state index contributed by atoms with van der Waals surface area (Å²) in [5.74, 6) is 0.717. The first-order chi connectivity index (χ1) is 9.70. The number of benzene rings is 2. The van der Waals surface area contributed by atoms with Crippen molar-refractivity contribution in [2.45, 2.75) is 12.8 Å². The zero-order valence-electron chi connectivity index (χ0n) is 10.8. The standard InChI is InChI=1S/C16H13ClINO/c17-14-5-1-2-6-16(14)20-9-3-4-13-10-12(11-19)7-8-15(13)18/h1-2,5-8,10H,3-4,9H2. The maximum atomic E-state index is 8.91. The molecule has 0 radical (unpaired) electrons. The molecule has 0 amide bonds. The number of nitrogens with zero attached hydrogens (tertiary/aromatic N) is 1. The second-order valence-electron chi connectivity index (χ2n) is 4.30. The van der Waals surface area contributed by atoms with E-state index < -0.39 is 0 Å². The third-order valence-corrected chi connectivity index (χ3v) is 4.22. The summed E-state index contributed by atoms with van der Waals surface area (Å²) in [5, 5.41) is 9.54. The van der Waals surface area contributed by atoms with Crippen LogP contribution in [-0.2, 0) is 6.42 Å². The Balaban J connectivity index is 1.88. The molecule has 2 aromatic carbocycles. The van der Waals surface area contributed by atoms with Crippen molar-refractivity contribution in [2.24, 2.45) is 0 Å². The Bertz CT molecular complexity index is 637. The second-order valence-corrected chi connectivity index (χ2v) is 5.87. The lowest BCUT2D eigenvalue weighted by molar-refractivity contribution is 0.311. The molecule has 0 unspecified atom stereocenters. The number of hydrogen-bond acceptors (Lipinski definition) is 2. The molecular formula is C16H13ClINO. The third kappa shape index (κ3) is 4.12. The molecule has 4 heteroatoms. The summed E-state index contributed by atoms with van der Waals surface area (Å²) in [6.07, 6.45) is 1.77. The highest BCUT2D eigenvalue weighted by atomic mass is 127. The van der Waals surface area contributed by atoms with Crippen LogP contribution in [-0.4, -0.2) is 6.61 Å². The number of hydrogen-bond donors (Lipinski definition) is 0. The lowest BCUT2D eigenvalue weighted by Gasteiger charge is -2.08. The van der Waals surface area contributed by atoms with Crippen LogP contribution in [0.15, 0.2) is 42.5 Å². The number of ether oxygens (including phenoxy) is 1. The van der Waals surface area contributed by atoms with Crippen molar-refractivity contribution >= 4 is 34.2 Å². The van der Waals surface area contributed by atoms with Crippen LogP contribution >= 0.6 is 34.2 Å². The highest BCUT2D eigenvalue weighted by Crippen LogP contribution is 2.23. The van der Waals surface area contributed by atoms with Gasteiger partial charge in [-0.05, 0) is 71.3 Å². The van der Waals surface area contributed by atoms with Crippen molar-refractivity contribution in [3.8, 4) is 11.8 Å². The second kappa shape index (κ2) is 7.51. The van der Waals surface area contributed by atoms with Crippen LogP contribution in [0.5, 0.6) is 5.75 Å². The Kier molecular flexibility index (Phi) is 5.69. The molecule has 0 aliphatic rings. The van der Waals surface area contributed by atoms with Gasteiger partial charge in [-0.25, -0.2) is 0 Å². The number of rotatable bonds is 5. The van der Waals surface area contributed by atoms with Gasteiger partial charge in [-0.2, -0.15) is 5.26 Å². The maximum absolute atomic E-state index is 8.91. The highest BCUT2D eigenvalue weighted by molar-refractivity contribution is 14.1. The van der Waals surface area contributed by atoms with Gasteiger partial charge in [0.2, 0.25) is 0 Å². The van der Waals surface area contributed by atoms with Crippen LogP contribution in [0, 0.1) is 14.9 Å². The lowest BCUT2D eigenvalue weighted by atomic mass is 10.1. The van der Waals surface area contributed by atoms with Gasteiger partial charge in [-0.3, -0.25) is 0 Å². The summed E-state index contributed by atoms with van der Waals surface area (Å²) in [6.45, 7) is 0.608. The third-order valence-electron chi connectivity index (χ3n) is 2.86. The van der Waals surface area contributed by atoms with Gasteiger partial charge in [0, 0.05) is 3.57 Å². The number of aryl methyl sites for hydroxylation is 1. The van der Waals surface area contributed by atoms with Gasteiger partial charge in [0.1, 0.15) is 5.75 Å². The Labute approximate surface area is 137 Å². The van der Waals surface area contributed by atoms with E-state index in [1.54, 1.807) is 0 Å². The van der Waals surface area contributed by atoms with Gasteiger partial charge in [0.05, 0.1) is 23.3 Å². The summed E-state index contributed by atoms with van der Waals surface area (Å²) in [4.78, 5) is 0. The molecule has 0 saturated heterocycles. The average Bonchev–Trinajstić information content (AvgIpc) is 2.47. The van der Waals surface area contributed by atoms with Gasteiger partial charge in [0.25, 0.3) is 0 Å². The molecular weight excluding hydrogens is 385 g/mol. The fraction of sp³-hybridized carbons (Fsp3) is 0.188. The van der Waals surface area contributed by atoms with Crippen LogP contribution in [0.2, 0.25) is 5.02 Å². The van der Waals surface area contributed by atoms with Crippen molar-refractivity contribution < 1.29 is 4.74 Å². The van der Waals surface area contributed by atoms with Crippen molar-refractivity contribution in [3.63, 3.8) is 0 Å². The molecule has 2 nitrogen and oxygen atoms in total. The molecule has 102 valence electrons. The molecule has 0 aliphatic heterocycles. The lowest BCUT2D eigenvalue weighted by Crippen LogP contribution is -2.01. The summed E-state index contributed by atoms with van der Waals surface area (Å²) < 4.78 is 6.84. The van der Waals surface area contributed by atoms with Crippen LogP contribution in [0.3, 0.4) is 0 Å². The van der Waals surface area contributed by atoms with Gasteiger partial charge in [-0.1, -0.05) is 23.7 Å². The zero-order chi connectivity index (χ0) is 14.4. The van der Waals surface area contributed by atoms with Crippen LogP contribution in [0.25, 0.3) is 0 Å². The van der Waals surface area contributed by atoms with E-state index in [0.717, 1.165) is 18.6 Å². The quantitative estimate of drug-likeness (QED) is 0.535. The zero-order valence-corrected chi connectivity index (χ0v) is 13.7. The minimum Gasteiger partial charge on any atom is -0.492 e. The van der Waals surface area contributed by atoms with Gasteiger partial charge in [-0.15, -0.1) is 0 Å². The molecule has 0 saturated carbocycles. The summed E-state index contributed by atoms with van der Waals surface area (Å²) in [5.41, 5.74) is 1.89. The van der Waals surface area contributed by atoms with Crippen molar-refractivity contribution in [3.05, 3.63) is 62.2 Å². The molecule has 0 atom stereocenters. The molecule has 20 heavy (non-hydrogen) atoms. The predicted octanol–water partition coefficient (Wildman–Crippen LogP) is 4.83. The largest absolute Gasteiger partial charge is 0.492 e. The van der Waals surface area contributed by atoms with E-state index in [-0.39, 0.29) is 0 Å². The molecule has 0 spiro atoms. The van der Waals surface area contributed by atoms with Crippen LogP contribution < -0.4 is 4.74 Å². The molecule has 0 aromatic heterocycles.